The van der Waals surface area contributed by atoms with Gasteiger partial charge < -0.3 is 5.73 Å². The van der Waals surface area contributed by atoms with E-state index >= 15 is 0 Å². The van der Waals surface area contributed by atoms with Crippen molar-refractivity contribution in [3.05, 3.63) is 21.9 Å². The van der Waals surface area contributed by atoms with Gasteiger partial charge in [0.25, 0.3) is 0 Å². The van der Waals surface area contributed by atoms with Crippen molar-refractivity contribution in [2.24, 2.45) is 5.73 Å². The van der Waals surface area contributed by atoms with Gasteiger partial charge in [-0.25, -0.2) is 0 Å². The van der Waals surface area contributed by atoms with E-state index in [0.717, 1.165) is 12.8 Å². The molecular weight excluding hydrogens is 204 g/mol. The van der Waals surface area contributed by atoms with Gasteiger partial charge in [-0.1, -0.05) is 0 Å². The highest BCUT2D eigenvalue weighted by Crippen LogP contribution is 2.38. The van der Waals surface area contributed by atoms with Crippen molar-refractivity contribution < 1.29 is 0 Å². The van der Waals surface area contributed by atoms with Crippen molar-refractivity contribution in [1.82, 2.24) is 4.90 Å². The van der Waals surface area contributed by atoms with Gasteiger partial charge in [-0.15, -0.1) is 11.3 Å². The molecule has 1 fully saturated rings. The summed E-state index contributed by atoms with van der Waals surface area (Å²) in [6.45, 7) is 2.54. The smallest absolute Gasteiger partial charge is 0.0373 e. The van der Waals surface area contributed by atoms with Gasteiger partial charge in [0, 0.05) is 17.0 Å². The van der Waals surface area contributed by atoms with Crippen LogP contribution in [-0.2, 0) is 6.42 Å². The monoisotopic (exact) mass is 222 g/mol. The molecule has 0 amide bonds. The van der Waals surface area contributed by atoms with Gasteiger partial charge in [0.2, 0.25) is 0 Å². The minimum atomic E-state index is 0.377. The van der Waals surface area contributed by atoms with Gasteiger partial charge in [0.1, 0.15) is 0 Å². The Morgan fingerprint density at radius 1 is 1.33 bits per heavy atom. The molecule has 0 spiro atoms. The van der Waals surface area contributed by atoms with Crippen molar-refractivity contribution in [1.29, 1.82) is 0 Å². The van der Waals surface area contributed by atoms with E-state index in [1.807, 2.05) is 11.3 Å². The van der Waals surface area contributed by atoms with Crippen LogP contribution in [0, 0.1) is 0 Å². The highest BCUT2D eigenvalue weighted by atomic mass is 32.1. The van der Waals surface area contributed by atoms with Crippen molar-refractivity contribution in [2.75, 3.05) is 13.1 Å². The number of likely N-dealkylation sites (tertiary alicyclic amines) is 1. The zero-order valence-corrected chi connectivity index (χ0v) is 9.80. The quantitative estimate of drug-likeness (QED) is 0.789. The molecule has 2 nitrogen and oxygen atoms in total. The fourth-order valence-corrected chi connectivity index (χ4v) is 3.98. The third-order valence-corrected chi connectivity index (χ3v) is 4.65. The van der Waals surface area contributed by atoms with E-state index in [9.17, 15) is 0 Å². The Balaban J connectivity index is 1.89. The lowest BCUT2D eigenvalue weighted by molar-refractivity contribution is 0.213. The predicted octanol–water partition coefficient (Wildman–Crippen LogP) is 2.16. The molecule has 2 N–H and O–H groups in total. The van der Waals surface area contributed by atoms with Crippen molar-refractivity contribution in [2.45, 2.75) is 37.8 Å². The first kappa shape index (κ1) is 9.82. The summed E-state index contributed by atoms with van der Waals surface area (Å²) >= 11 is 1.88. The topological polar surface area (TPSA) is 29.3 Å². The summed E-state index contributed by atoms with van der Waals surface area (Å²) in [5.41, 5.74) is 7.72. The Morgan fingerprint density at radius 2 is 2.13 bits per heavy atom. The largest absolute Gasteiger partial charge is 0.327 e. The molecular formula is C12H18N2S. The zero-order chi connectivity index (χ0) is 10.3. The molecule has 3 heteroatoms. The Hall–Kier alpha value is -0.380. The average Bonchev–Trinajstić information content (AvgIpc) is 2.86. The van der Waals surface area contributed by atoms with Crippen LogP contribution >= 0.6 is 11.3 Å². The fourth-order valence-electron chi connectivity index (χ4n) is 2.95. The van der Waals surface area contributed by atoms with Gasteiger partial charge in [0.15, 0.2) is 0 Å². The summed E-state index contributed by atoms with van der Waals surface area (Å²) in [5.74, 6) is 0. The molecule has 15 heavy (non-hydrogen) atoms. The second-order valence-corrected chi connectivity index (χ2v) is 5.76. The van der Waals surface area contributed by atoms with Gasteiger partial charge >= 0.3 is 0 Å². The van der Waals surface area contributed by atoms with Crippen molar-refractivity contribution in [3.63, 3.8) is 0 Å². The number of rotatable bonds is 1. The van der Waals surface area contributed by atoms with Crippen LogP contribution in [0.15, 0.2) is 11.4 Å². The highest BCUT2D eigenvalue weighted by Gasteiger charge is 2.31. The average molecular weight is 222 g/mol. The minimum Gasteiger partial charge on any atom is -0.327 e. The molecule has 2 heterocycles. The van der Waals surface area contributed by atoms with E-state index in [-0.39, 0.29) is 0 Å². The van der Waals surface area contributed by atoms with Gasteiger partial charge in [-0.3, -0.25) is 4.90 Å². The first-order valence-corrected chi connectivity index (χ1v) is 6.78. The van der Waals surface area contributed by atoms with Crippen LogP contribution in [0.4, 0.5) is 0 Å². The molecule has 1 aromatic rings. The first-order chi connectivity index (χ1) is 7.34. The minimum absolute atomic E-state index is 0.377. The molecule has 0 radical (unpaired) electrons. The summed E-state index contributed by atoms with van der Waals surface area (Å²) in [7, 11) is 0. The molecule has 1 aromatic heterocycles. The van der Waals surface area contributed by atoms with Crippen LogP contribution in [0.2, 0.25) is 0 Å². The molecule has 0 saturated carbocycles. The molecule has 2 atom stereocenters. The first-order valence-electron chi connectivity index (χ1n) is 5.90. The number of nitrogens with two attached hydrogens (primary N) is 1. The van der Waals surface area contributed by atoms with Crippen molar-refractivity contribution in [3.8, 4) is 0 Å². The Morgan fingerprint density at radius 3 is 2.93 bits per heavy atom. The summed E-state index contributed by atoms with van der Waals surface area (Å²) in [6.07, 6.45) is 4.98. The van der Waals surface area contributed by atoms with Gasteiger partial charge in [-0.2, -0.15) is 0 Å². The molecule has 2 unspecified atom stereocenters. The highest BCUT2D eigenvalue weighted by molar-refractivity contribution is 7.10. The lowest BCUT2D eigenvalue weighted by Gasteiger charge is -2.34. The summed E-state index contributed by atoms with van der Waals surface area (Å²) in [4.78, 5) is 4.16. The second-order valence-electron chi connectivity index (χ2n) is 4.76. The molecule has 1 saturated heterocycles. The van der Waals surface area contributed by atoms with E-state index in [1.165, 1.54) is 30.8 Å². The number of hydrogen-bond donors (Lipinski definition) is 1. The maximum Gasteiger partial charge on any atom is 0.0373 e. The molecule has 1 aliphatic heterocycles. The van der Waals surface area contributed by atoms with E-state index in [0.29, 0.717) is 12.1 Å². The maximum atomic E-state index is 6.15. The van der Waals surface area contributed by atoms with Crippen LogP contribution < -0.4 is 5.73 Å². The van der Waals surface area contributed by atoms with Crippen LogP contribution in [0.25, 0.3) is 0 Å². The normalized spacial score (nSPS) is 31.8. The van der Waals surface area contributed by atoms with Gasteiger partial charge in [0.05, 0.1) is 0 Å². The van der Waals surface area contributed by atoms with Crippen LogP contribution in [0.5, 0.6) is 0 Å². The third-order valence-electron chi connectivity index (χ3n) is 3.69. The maximum absolute atomic E-state index is 6.15. The van der Waals surface area contributed by atoms with Crippen LogP contribution in [0.1, 0.15) is 35.7 Å². The summed E-state index contributed by atoms with van der Waals surface area (Å²) in [5, 5.41) is 2.23. The summed E-state index contributed by atoms with van der Waals surface area (Å²) in [6, 6.07) is 3.31. The lowest BCUT2D eigenvalue weighted by atomic mass is 9.90. The van der Waals surface area contributed by atoms with Crippen LogP contribution in [0.3, 0.4) is 0 Å². The second kappa shape index (κ2) is 3.89. The van der Waals surface area contributed by atoms with E-state index < -0.39 is 0 Å². The standard InChI is InChI=1S/C12H18N2S/c13-9-7-11(14-4-1-2-5-14)10-3-6-15-12(10)8-9/h3,6,9,11H,1-2,4-5,7-8,13H2. The Bertz CT molecular complexity index is 341. The van der Waals surface area contributed by atoms with Crippen LogP contribution in [-0.4, -0.2) is 24.0 Å². The van der Waals surface area contributed by atoms with E-state index in [2.05, 4.69) is 16.3 Å². The van der Waals surface area contributed by atoms with Crippen molar-refractivity contribution >= 4 is 11.3 Å². The zero-order valence-electron chi connectivity index (χ0n) is 8.98. The number of thiophene rings is 1. The molecule has 3 rings (SSSR count). The molecule has 2 aliphatic rings. The predicted molar refractivity (Wildman–Crippen MR) is 64.2 cm³/mol. The molecule has 0 bridgehead atoms. The number of nitrogens with zero attached hydrogens (tertiary/aromatic N) is 1. The Labute approximate surface area is 95.1 Å². The number of hydrogen-bond acceptors (Lipinski definition) is 3. The summed E-state index contributed by atoms with van der Waals surface area (Å²) < 4.78 is 0. The third kappa shape index (κ3) is 1.73. The van der Waals surface area contributed by atoms with E-state index in [1.54, 1.807) is 5.56 Å². The molecule has 1 aliphatic carbocycles. The SMILES string of the molecule is NC1Cc2sccc2C(N2CCCC2)C1. The Kier molecular flexibility index (Phi) is 2.54. The fraction of sp³-hybridized carbons (Fsp3) is 0.667. The lowest BCUT2D eigenvalue weighted by Crippen LogP contribution is -2.36. The molecule has 82 valence electrons. The molecule has 0 aromatic carbocycles. The van der Waals surface area contributed by atoms with E-state index in [4.69, 9.17) is 5.73 Å². The van der Waals surface area contributed by atoms with Gasteiger partial charge in [-0.05, 0) is 55.8 Å². The number of fused-ring (bicyclic) bond motifs is 1.